The van der Waals surface area contributed by atoms with Crippen molar-refractivity contribution in [1.29, 1.82) is 0 Å². The maximum Gasteiger partial charge on any atom is 0.282 e. The topological polar surface area (TPSA) is 82.1 Å². The molecule has 0 bridgehead atoms. The molecule has 156 valence electrons. The number of carbonyl (C=O) groups is 2. The van der Waals surface area contributed by atoms with Crippen LogP contribution in [0, 0.1) is 0 Å². The molecule has 7 nitrogen and oxygen atoms in total. The molecule has 3 rings (SSSR count). The number of nitrogens with one attached hydrogen (secondary N) is 1. The second kappa shape index (κ2) is 9.49. The van der Waals surface area contributed by atoms with Crippen LogP contribution in [-0.4, -0.2) is 49.7 Å². The van der Waals surface area contributed by atoms with Crippen LogP contribution in [0.4, 0.5) is 5.69 Å². The Morgan fingerprint density at radius 2 is 1.57 bits per heavy atom. The van der Waals surface area contributed by atoms with Gasteiger partial charge in [0.25, 0.3) is 11.8 Å². The van der Waals surface area contributed by atoms with Gasteiger partial charge < -0.3 is 4.90 Å². The Labute approximate surface area is 175 Å². The van der Waals surface area contributed by atoms with Crippen molar-refractivity contribution in [3.8, 4) is 0 Å². The lowest BCUT2D eigenvalue weighted by Crippen LogP contribution is -2.30. The molecule has 30 heavy (non-hydrogen) atoms. The van der Waals surface area contributed by atoms with Crippen LogP contribution in [-0.2, 0) is 11.3 Å². The molecule has 0 atom stereocenters. The van der Waals surface area contributed by atoms with Gasteiger partial charge in [0.15, 0.2) is 0 Å². The van der Waals surface area contributed by atoms with Crippen LogP contribution in [0.15, 0.2) is 60.7 Å². The van der Waals surface area contributed by atoms with E-state index in [1.807, 2.05) is 50.5 Å². The highest BCUT2D eigenvalue weighted by molar-refractivity contribution is 6.10. The third-order valence-corrected chi connectivity index (χ3v) is 4.90. The molecular weight excluding hydrogens is 382 g/mol. The van der Waals surface area contributed by atoms with Crippen LogP contribution in [0.5, 0.6) is 0 Å². The SMILES string of the molecule is CON(C(=O)c1ccc(C(=O)NO)cc1)c1ccc(CCN(C)C)c2ccccc12. The Balaban J connectivity index is 1.97. The second-order valence-electron chi connectivity index (χ2n) is 7.14. The summed E-state index contributed by atoms with van der Waals surface area (Å²) < 4.78 is 0. The third-order valence-electron chi connectivity index (χ3n) is 4.90. The monoisotopic (exact) mass is 407 g/mol. The van der Waals surface area contributed by atoms with Crippen molar-refractivity contribution in [2.75, 3.05) is 32.8 Å². The summed E-state index contributed by atoms with van der Waals surface area (Å²) in [5.41, 5.74) is 4.01. The second-order valence-corrected chi connectivity index (χ2v) is 7.14. The summed E-state index contributed by atoms with van der Waals surface area (Å²) in [7, 11) is 5.52. The summed E-state index contributed by atoms with van der Waals surface area (Å²) in [6.45, 7) is 0.921. The summed E-state index contributed by atoms with van der Waals surface area (Å²) >= 11 is 0. The number of hydrogen-bond donors (Lipinski definition) is 2. The molecule has 0 aliphatic heterocycles. The van der Waals surface area contributed by atoms with Gasteiger partial charge in [0.05, 0.1) is 12.8 Å². The number of likely N-dealkylation sites (N-methyl/N-ethyl adjacent to an activating group) is 1. The first kappa shape index (κ1) is 21.4. The van der Waals surface area contributed by atoms with Gasteiger partial charge in [0.2, 0.25) is 0 Å². The minimum Gasteiger partial charge on any atom is -0.309 e. The van der Waals surface area contributed by atoms with Gasteiger partial charge in [-0.25, -0.2) is 5.48 Å². The number of amides is 2. The predicted molar refractivity (Wildman–Crippen MR) is 116 cm³/mol. The molecular formula is C23H25N3O4. The molecule has 3 aromatic rings. The quantitative estimate of drug-likeness (QED) is 0.464. The van der Waals surface area contributed by atoms with Crippen LogP contribution >= 0.6 is 0 Å². The van der Waals surface area contributed by atoms with Gasteiger partial charge in [0, 0.05) is 23.1 Å². The first-order valence-electron chi connectivity index (χ1n) is 9.54. The van der Waals surface area contributed by atoms with Crippen LogP contribution in [0.2, 0.25) is 0 Å². The number of carbonyl (C=O) groups excluding carboxylic acids is 2. The van der Waals surface area contributed by atoms with Gasteiger partial charge >= 0.3 is 0 Å². The van der Waals surface area contributed by atoms with Crippen LogP contribution in [0.3, 0.4) is 0 Å². The fraction of sp³-hybridized carbons (Fsp3) is 0.217. The highest BCUT2D eigenvalue weighted by Gasteiger charge is 2.21. The number of hydrogen-bond acceptors (Lipinski definition) is 5. The molecule has 2 N–H and O–H groups in total. The molecule has 3 aromatic carbocycles. The zero-order valence-electron chi connectivity index (χ0n) is 17.3. The first-order valence-corrected chi connectivity index (χ1v) is 9.54. The summed E-state index contributed by atoms with van der Waals surface area (Å²) in [5.74, 6) is -1.00. The Morgan fingerprint density at radius 1 is 0.933 bits per heavy atom. The molecule has 0 fully saturated rings. The van der Waals surface area contributed by atoms with Crippen molar-refractivity contribution in [2.24, 2.45) is 0 Å². The lowest BCUT2D eigenvalue weighted by Gasteiger charge is -2.23. The summed E-state index contributed by atoms with van der Waals surface area (Å²) in [6.07, 6.45) is 0.892. The van der Waals surface area contributed by atoms with Crippen LogP contribution in [0.1, 0.15) is 26.3 Å². The first-order chi connectivity index (χ1) is 14.5. The van der Waals surface area contributed by atoms with E-state index in [1.54, 1.807) is 5.48 Å². The van der Waals surface area contributed by atoms with E-state index < -0.39 is 5.91 Å². The summed E-state index contributed by atoms with van der Waals surface area (Å²) in [4.78, 5) is 32.2. The molecule has 0 aliphatic rings. The number of hydroxylamine groups is 2. The predicted octanol–water partition coefficient (Wildman–Crippen LogP) is 3.27. The van der Waals surface area contributed by atoms with Gasteiger partial charge in [-0.3, -0.25) is 19.6 Å². The largest absolute Gasteiger partial charge is 0.309 e. The fourth-order valence-corrected chi connectivity index (χ4v) is 3.32. The molecule has 0 aromatic heterocycles. The Bertz CT molecular complexity index is 1050. The number of rotatable bonds is 7. The van der Waals surface area contributed by atoms with Crippen LogP contribution in [0.25, 0.3) is 10.8 Å². The molecule has 0 unspecified atom stereocenters. The van der Waals surface area contributed by atoms with E-state index in [2.05, 4.69) is 4.90 Å². The summed E-state index contributed by atoms with van der Waals surface area (Å²) in [5, 5.41) is 12.0. The van der Waals surface area contributed by atoms with Gasteiger partial charge in [0.1, 0.15) is 0 Å². The van der Waals surface area contributed by atoms with Gasteiger partial charge in [-0.2, -0.15) is 5.06 Å². The number of fused-ring (bicyclic) bond motifs is 1. The highest BCUT2D eigenvalue weighted by atomic mass is 16.7. The van der Waals surface area contributed by atoms with E-state index in [4.69, 9.17) is 10.0 Å². The fourth-order valence-electron chi connectivity index (χ4n) is 3.32. The molecule has 0 aliphatic carbocycles. The van der Waals surface area contributed by atoms with E-state index in [0.717, 1.165) is 23.7 Å². The van der Waals surface area contributed by atoms with E-state index >= 15 is 0 Å². The molecule has 0 heterocycles. The zero-order chi connectivity index (χ0) is 21.7. The summed E-state index contributed by atoms with van der Waals surface area (Å²) in [6, 6.07) is 17.8. The average molecular weight is 407 g/mol. The standard InChI is InChI=1S/C23H25N3O4/c1-25(2)15-14-16-12-13-21(20-7-5-4-6-19(16)20)26(30-3)23(28)18-10-8-17(9-11-18)22(27)24-29/h4-13,29H,14-15H2,1-3H3,(H,24,27). The normalized spacial score (nSPS) is 11.0. The van der Waals surface area contributed by atoms with Crippen molar-refractivity contribution >= 4 is 28.3 Å². The van der Waals surface area contributed by atoms with Gasteiger partial charge in [-0.1, -0.05) is 30.3 Å². The minimum absolute atomic E-state index is 0.244. The maximum atomic E-state index is 13.1. The molecule has 2 amide bonds. The van der Waals surface area contributed by atoms with E-state index in [1.165, 1.54) is 42.0 Å². The number of benzene rings is 3. The molecule has 7 heteroatoms. The Kier molecular flexibility index (Phi) is 6.79. The smallest absolute Gasteiger partial charge is 0.282 e. The Morgan fingerprint density at radius 3 is 2.17 bits per heavy atom. The number of nitrogens with zero attached hydrogens (tertiary/aromatic N) is 2. The van der Waals surface area contributed by atoms with E-state index in [9.17, 15) is 9.59 Å². The van der Waals surface area contributed by atoms with E-state index in [-0.39, 0.29) is 11.5 Å². The molecule has 0 saturated heterocycles. The van der Waals surface area contributed by atoms with Crippen molar-refractivity contribution in [2.45, 2.75) is 6.42 Å². The van der Waals surface area contributed by atoms with E-state index in [0.29, 0.717) is 11.3 Å². The van der Waals surface area contributed by atoms with Crippen molar-refractivity contribution in [1.82, 2.24) is 10.4 Å². The van der Waals surface area contributed by atoms with Crippen molar-refractivity contribution in [3.63, 3.8) is 0 Å². The van der Waals surface area contributed by atoms with Gasteiger partial charge in [-0.15, -0.1) is 0 Å². The van der Waals surface area contributed by atoms with Gasteiger partial charge in [-0.05, 0) is 61.8 Å². The molecule has 0 radical (unpaired) electrons. The molecule has 0 spiro atoms. The number of anilines is 1. The van der Waals surface area contributed by atoms with Crippen molar-refractivity contribution in [3.05, 3.63) is 77.4 Å². The average Bonchev–Trinajstić information content (AvgIpc) is 2.78. The maximum absolute atomic E-state index is 13.1. The zero-order valence-corrected chi connectivity index (χ0v) is 17.3. The van der Waals surface area contributed by atoms with Crippen LogP contribution < -0.4 is 10.5 Å². The third kappa shape index (κ3) is 4.49. The minimum atomic E-state index is -0.642. The molecule has 0 saturated carbocycles. The lowest BCUT2D eigenvalue weighted by atomic mass is 10.00. The Hall–Kier alpha value is -3.26. The highest BCUT2D eigenvalue weighted by Crippen LogP contribution is 2.31. The lowest BCUT2D eigenvalue weighted by molar-refractivity contribution is 0.0705. The van der Waals surface area contributed by atoms with Crippen molar-refractivity contribution < 1.29 is 19.6 Å².